The molecule has 0 spiro atoms. The van der Waals surface area contributed by atoms with Crippen molar-refractivity contribution in [1.82, 2.24) is 14.5 Å². The molecule has 4 heteroatoms. The second-order valence-electron chi connectivity index (χ2n) is 15.3. The Morgan fingerprint density at radius 3 is 2.04 bits per heavy atom. The summed E-state index contributed by atoms with van der Waals surface area (Å²) in [5, 5.41) is 11.8. The van der Waals surface area contributed by atoms with Crippen molar-refractivity contribution >= 4 is 76.1 Å². The fraction of sp³-hybridized carbons (Fsp3) is 0.0189. The van der Waals surface area contributed by atoms with Gasteiger partial charge >= 0.3 is 0 Å². The van der Waals surface area contributed by atoms with Crippen LogP contribution in [-0.2, 0) is 6.42 Å². The van der Waals surface area contributed by atoms with Gasteiger partial charge < -0.3 is 8.98 Å². The van der Waals surface area contributed by atoms with E-state index in [1.165, 1.54) is 59.7 Å². The molecule has 2 bridgehead atoms. The topological polar surface area (TPSA) is 43.9 Å². The standard InChI is InChI=1S/C53H31N3O/c1-2-13-35-30-36(22-21-32(35)10-1)50-43-28-31-20-25-39-45(29-31)56(44-27-24-33-11-3-5-14-37(33)48(39)44)52-38-15-6-4-12-34(38)23-26-42(52)51(43)55-53(54-50)41-17-9-19-47-49(41)40-16-7-8-18-46(40)57-47/h1-27,29-30H,28H2. The molecule has 0 atom stereocenters. The molecule has 0 saturated heterocycles. The smallest absolute Gasteiger partial charge is 0.161 e. The molecule has 3 aromatic heterocycles. The molecule has 13 rings (SSSR count). The summed E-state index contributed by atoms with van der Waals surface area (Å²) < 4.78 is 8.92. The zero-order chi connectivity index (χ0) is 37.2. The molecule has 9 aromatic carbocycles. The number of rotatable bonds is 2. The Morgan fingerprint density at radius 2 is 1.14 bits per heavy atom. The Hall–Kier alpha value is -7.56. The first-order valence-electron chi connectivity index (χ1n) is 19.5. The number of hydrogen-bond acceptors (Lipinski definition) is 3. The van der Waals surface area contributed by atoms with Crippen LogP contribution in [-0.4, -0.2) is 14.5 Å². The van der Waals surface area contributed by atoms with Gasteiger partial charge in [-0.05, 0) is 62.8 Å². The Balaban J connectivity index is 1.21. The van der Waals surface area contributed by atoms with Crippen molar-refractivity contribution in [2.45, 2.75) is 6.42 Å². The van der Waals surface area contributed by atoms with Gasteiger partial charge in [0.05, 0.1) is 28.1 Å². The SMILES string of the molecule is c1ccc2cc(-c3nc(-c4cccc5oc6ccccc6c45)nc4c3Cc3ccc5c6c7ccccc7ccc6n(c5c3)-c3c-4ccc4ccccc34)ccc2c1. The van der Waals surface area contributed by atoms with E-state index in [0.717, 1.165) is 61.3 Å². The second kappa shape index (κ2) is 11.5. The summed E-state index contributed by atoms with van der Waals surface area (Å²) >= 11 is 0. The fourth-order valence-corrected chi connectivity index (χ4v) is 9.61. The molecule has 0 aliphatic carbocycles. The quantitative estimate of drug-likeness (QED) is 0.178. The van der Waals surface area contributed by atoms with Crippen LogP contribution in [0.1, 0.15) is 11.1 Å². The van der Waals surface area contributed by atoms with Crippen molar-refractivity contribution in [3.63, 3.8) is 0 Å². The molecule has 1 aliphatic rings. The first kappa shape index (κ1) is 30.7. The molecule has 0 fully saturated rings. The third-order valence-corrected chi connectivity index (χ3v) is 12.2. The zero-order valence-corrected chi connectivity index (χ0v) is 30.7. The van der Waals surface area contributed by atoms with Crippen LogP contribution >= 0.6 is 0 Å². The molecule has 4 heterocycles. The maximum absolute atomic E-state index is 6.41. The van der Waals surface area contributed by atoms with Crippen LogP contribution in [0, 0.1) is 0 Å². The third kappa shape index (κ3) is 4.38. The molecular formula is C53H31N3O. The predicted molar refractivity (Wildman–Crippen MR) is 235 cm³/mol. The van der Waals surface area contributed by atoms with Gasteiger partial charge in [0.2, 0.25) is 0 Å². The third-order valence-electron chi connectivity index (χ3n) is 12.2. The van der Waals surface area contributed by atoms with E-state index in [0.29, 0.717) is 12.2 Å². The molecule has 0 amide bonds. The highest BCUT2D eigenvalue weighted by atomic mass is 16.3. The second-order valence-corrected chi connectivity index (χ2v) is 15.3. The lowest BCUT2D eigenvalue weighted by atomic mass is 9.91. The van der Waals surface area contributed by atoms with Gasteiger partial charge in [0.15, 0.2) is 5.82 Å². The van der Waals surface area contributed by atoms with Crippen LogP contribution in [0.25, 0.3) is 116 Å². The van der Waals surface area contributed by atoms with Gasteiger partial charge in [-0.2, -0.15) is 0 Å². The van der Waals surface area contributed by atoms with Gasteiger partial charge in [0.1, 0.15) is 11.2 Å². The summed E-state index contributed by atoms with van der Waals surface area (Å²) in [7, 11) is 0. The molecule has 1 aliphatic heterocycles. The molecule has 12 aromatic rings. The monoisotopic (exact) mass is 725 g/mol. The molecule has 0 saturated carbocycles. The first-order valence-corrected chi connectivity index (χ1v) is 19.5. The van der Waals surface area contributed by atoms with Crippen molar-refractivity contribution < 1.29 is 4.42 Å². The van der Waals surface area contributed by atoms with Gasteiger partial charge in [-0.25, -0.2) is 9.97 Å². The highest BCUT2D eigenvalue weighted by Crippen LogP contribution is 2.46. The summed E-state index contributed by atoms with van der Waals surface area (Å²) in [6, 6.07) is 63.5. The first-order chi connectivity index (χ1) is 28.2. The van der Waals surface area contributed by atoms with Crippen LogP contribution in [0.3, 0.4) is 0 Å². The van der Waals surface area contributed by atoms with E-state index in [2.05, 4.69) is 162 Å². The van der Waals surface area contributed by atoms with E-state index >= 15 is 0 Å². The molecule has 0 radical (unpaired) electrons. The summed E-state index contributed by atoms with van der Waals surface area (Å²) in [6.45, 7) is 0. The lowest BCUT2D eigenvalue weighted by Gasteiger charge is -2.20. The van der Waals surface area contributed by atoms with E-state index in [4.69, 9.17) is 14.4 Å². The molecule has 264 valence electrons. The van der Waals surface area contributed by atoms with E-state index in [-0.39, 0.29) is 0 Å². The number of para-hydroxylation sites is 1. The largest absolute Gasteiger partial charge is 0.456 e. The summed E-state index contributed by atoms with van der Waals surface area (Å²) in [5.74, 6) is 0.674. The average molecular weight is 726 g/mol. The van der Waals surface area contributed by atoms with Gasteiger partial charge in [-0.3, -0.25) is 0 Å². The molecule has 57 heavy (non-hydrogen) atoms. The molecule has 0 unspecified atom stereocenters. The Kier molecular flexibility index (Phi) is 6.19. The van der Waals surface area contributed by atoms with Gasteiger partial charge in [0.25, 0.3) is 0 Å². The average Bonchev–Trinajstić information content (AvgIpc) is 3.82. The minimum atomic E-state index is 0.668. The predicted octanol–water partition coefficient (Wildman–Crippen LogP) is 13.8. The Morgan fingerprint density at radius 1 is 0.439 bits per heavy atom. The molecule has 4 nitrogen and oxygen atoms in total. The Labute approximate surface area is 326 Å². The lowest BCUT2D eigenvalue weighted by Crippen LogP contribution is -2.06. The normalized spacial score (nSPS) is 12.5. The van der Waals surface area contributed by atoms with E-state index in [9.17, 15) is 0 Å². The highest BCUT2D eigenvalue weighted by molar-refractivity contribution is 6.22. The van der Waals surface area contributed by atoms with Crippen molar-refractivity contribution in [1.29, 1.82) is 0 Å². The minimum absolute atomic E-state index is 0.668. The maximum atomic E-state index is 6.41. The Bertz CT molecular complexity index is 3680. The summed E-state index contributed by atoms with van der Waals surface area (Å²) in [4.78, 5) is 11.3. The van der Waals surface area contributed by atoms with E-state index < -0.39 is 0 Å². The molecular weight excluding hydrogens is 695 g/mol. The number of fused-ring (bicyclic) bond motifs is 16. The van der Waals surface area contributed by atoms with Gasteiger partial charge in [0, 0.05) is 55.6 Å². The minimum Gasteiger partial charge on any atom is -0.456 e. The van der Waals surface area contributed by atoms with Crippen molar-refractivity contribution in [3.05, 3.63) is 187 Å². The number of aromatic nitrogens is 3. The summed E-state index contributed by atoms with van der Waals surface area (Å²) in [6.07, 6.45) is 0.668. The lowest BCUT2D eigenvalue weighted by molar-refractivity contribution is 0.669. The number of hydrogen-bond donors (Lipinski definition) is 0. The van der Waals surface area contributed by atoms with Gasteiger partial charge in [-0.15, -0.1) is 0 Å². The fourth-order valence-electron chi connectivity index (χ4n) is 9.61. The number of benzene rings is 9. The highest BCUT2D eigenvalue weighted by Gasteiger charge is 2.27. The van der Waals surface area contributed by atoms with Crippen LogP contribution in [0.2, 0.25) is 0 Å². The molecule has 0 N–H and O–H groups in total. The van der Waals surface area contributed by atoms with Crippen molar-refractivity contribution in [2.24, 2.45) is 0 Å². The van der Waals surface area contributed by atoms with Crippen LogP contribution < -0.4 is 0 Å². The van der Waals surface area contributed by atoms with Crippen LogP contribution in [0.5, 0.6) is 0 Å². The summed E-state index contributed by atoms with van der Waals surface area (Å²) in [5.41, 5.74) is 12.5. The van der Waals surface area contributed by atoms with E-state index in [1.54, 1.807) is 0 Å². The van der Waals surface area contributed by atoms with Gasteiger partial charge in [-0.1, -0.05) is 146 Å². The van der Waals surface area contributed by atoms with Crippen molar-refractivity contribution in [3.8, 4) is 39.6 Å². The van der Waals surface area contributed by atoms with Crippen LogP contribution in [0.4, 0.5) is 0 Å². The number of nitrogens with zero attached hydrogens (tertiary/aromatic N) is 3. The van der Waals surface area contributed by atoms with E-state index in [1.807, 2.05) is 18.2 Å². The van der Waals surface area contributed by atoms with Crippen LogP contribution in [0.15, 0.2) is 180 Å². The van der Waals surface area contributed by atoms with Crippen molar-refractivity contribution in [2.75, 3.05) is 0 Å². The maximum Gasteiger partial charge on any atom is 0.161 e. The number of furan rings is 1. The zero-order valence-electron chi connectivity index (χ0n) is 30.7.